The third-order valence-corrected chi connectivity index (χ3v) is 4.35. The maximum absolute atomic E-state index is 12.9. The maximum atomic E-state index is 12.9. The minimum absolute atomic E-state index is 0.244. The number of carbonyl (C=O) groups is 2. The van der Waals surface area contributed by atoms with Gasteiger partial charge < -0.3 is 5.32 Å². The number of halogens is 2. The second kappa shape index (κ2) is 9.12. The van der Waals surface area contributed by atoms with E-state index in [0.717, 1.165) is 5.56 Å². The van der Waals surface area contributed by atoms with Crippen molar-refractivity contribution in [1.29, 1.82) is 0 Å². The fourth-order valence-electron chi connectivity index (χ4n) is 2.46. The van der Waals surface area contributed by atoms with Crippen molar-refractivity contribution in [2.45, 2.75) is 6.92 Å². The van der Waals surface area contributed by atoms with E-state index in [9.17, 15) is 14.0 Å². The van der Waals surface area contributed by atoms with Gasteiger partial charge in [-0.05, 0) is 73.2 Å². The van der Waals surface area contributed by atoms with Gasteiger partial charge in [0.05, 0.1) is 5.71 Å². The molecule has 2 amide bonds. The van der Waals surface area contributed by atoms with Crippen LogP contribution in [-0.4, -0.2) is 17.5 Å². The van der Waals surface area contributed by atoms with Gasteiger partial charge in [0, 0.05) is 21.8 Å². The summed E-state index contributed by atoms with van der Waals surface area (Å²) >= 11 is 5.83. The van der Waals surface area contributed by atoms with Crippen LogP contribution < -0.4 is 10.7 Å². The number of amides is 2. The summed E-state index contributed by atoms with van der Waals surface area (Å²) in [6, 6.07) is 18.8. The SMILES string of the molecule is C/C(=N/NC(=O)c1ccc(F)cc1)c1ccc(NC(=O)c2ccc(Cl)cc2)cc1. The van der Waals surface area contributed by atoms with Crippen molar-refractivity contribution >= 4 is 34.8 Å². The number of nitrogens with one attached hydrogen (secondary N) is 2. The highest BCUT2D eigenvalue weighted by atomic mass is 35.5. The lowest BCUT2D eigenvalue weighted by Crippen LogP contribution is -2.19. The molecule has 7 heteroatoms. The highest BCUT2D eigenvalue weighted by Gasteiger charge is 2.07. The summed E-state index contributed by atoms with van der Waals surface area (Å²) in [5.41, 5.74) is 5.22. The molecule has 0 saturated heterocycles. The molecule has 3 aromatic carbocycles. The van der Waals surface area contributed by atoms with E-state index < -0.39 is 11.7 Å². The molecule has 0 aliphatic carbocycles. The molecule has 0 aromatic heterocycles. The Labute approximate surface area is 172 Å². The van der Waals surface area contributed by atoms with Crippen LogP contribution in [0.15, 0.2) is 77.9 Å². The predicted octanol–water partition coefficient (Wildman–Crippen LogP) is 4.89. The Kier molecular flexibility index (Phi) is 6.36. The van der Waals surface area contributed by atoms with Crippen LogP contribution in [0.25, 0.3) is 0 Å². The molecule has 3 aromatic rings. The van der Waals surface area contributed by atoms with E-state index in [0.29, 0.717) is 27.5 Å². The van der Waals surface area contributed by atoms with E-state index >= 15 is 0 Å². The summed E-state index contributed by atoms with van der Waals surface area (Å²) in [6.45, 7) is 1.74. The first-order chi connectivity index (χ1) is 13.9. The van der Waals surface area contributed by atoms with Crippen molar-refractivity contribution in [3.05, 3.63) is 100 Å². The van der Waals surface area contributed by atoms with Crippen molar-refractivity contribution < 1.29 is 14.0 Å². The zero-order chi connectivity index (χ0) is 20.8. The fourth-order valence-corrected chi connectivity index (χ4v) is 2.59. The smallest absolute Gasteiger partial charge is 0.271 e. The van der Waals surface area contributed by atoms with Gasteiger partial charge in [0.15, 0.2) is 0 Å². The number of nitrogens with zero attached hydrogens (tertiary/aromatic N) is 1. The molecule has 2 N–H and O–H groups in total. The lowest BCUT2D eigenvalue weighted by Gasteiger charge is -2.07. The zero-order valence-electron chi connectivity index (χ0n) is 15.4. The number of hydrazone groups is 1. The van der Waals surface area contributed by atoms with Gasteiger partial charge in [0.2, 0.25) is 0 Å². The van der Waals surface area contributed by atoms with Gasteiger partial charge in [-0.25, -0.2) is 9.82 Å². The Hall–Kier alpha value is -3.51. The van der Waals surface area contributed by atoms with Crippen LogP contribution in [0.4, 0.5) is 10.1 Å². The molecule has 0 aliphatic rings. The standard InChI is InChI=1S/C22H17ClFN3O2/c1-14(26-27-22(29)17-4-10-19(24)11-5-17)15-6-12-20(13-7-15)25-21(28)16-2-8-18(23)9-3-16/h2-13H,1H3,(H,25,28)(H,27,29)/b26-14-. The average Bonchev–Trinajstić information content (AvgIpc) is 2.73. The molecule has 0 saturated carbocycles. The van der Waals surface area contributed by atoms with Crippen molar-refractivity contribution in [2.24, 2.45) is 5.10 Å². The van der Waals surface area contributed by atoms with Crippen molar-refractivity contribution in [3.8, 4) is 0 Å². The van der Waals surface area contributed by atoms with Crippen LogP contribution in [0.3, 0.4) is 0 Å². The number of benzene rings is 3. The van der Waals surface area contributed by atoms with Gasteiger partial charge in [-0.2, -0.15) is 5.10 Å². The number of hydrogen-bond donors (Lipinski definition) is 2. The molecule has 5 nitrogen and oxygen atoms in total. The largest absolute Gasteiger partial charge is 0.322 e. The molecule has 0 aliphatic heterocycles. The Morgan fingerprint density at radius 2 is 1.31 bits per heavy atom. The first-order valence-electron chi connectivity index (χ1n) is 8.70. The van der Waals surface area contributed by atoms with Crippen molar-refractivity contribution in [2.75, 3.05) is 5.32 Å². The highest BCUT2D eigenvalue weighted by Crippen LogP contribution is 2.14. The van der Waals surface area contributed by atoms with Gasteiger partial charge in [0.1, 0.15) is 5.82 Å². The van der Waals surface area contributed by atoms with Crippen molar-refractivity contribution in [3.63, 3.8) is 0 Å². The average molecular weight is 410 g/mol. The van der Waals surface area contributed by atoms with Gasteiger partial charge in [-0.1, -0.05) is 23.7 Å². The molecular formula is C22H17ClFN3O2. The molecule has 0 atom stereocenters. The molecule has 3 rings (SSSR count). The monoisotopic (exact) mass is 409 g/mol. The summed E-state index contributed by atoms with van der Waals surface area (Å²) in [5, 5.41) is 7.42. The Bertz CT molecular complexity index is 1050. The van der Waals surface area contributed by atoms with Crippen LogP contribution >= 0.6 is 11.6 Å². The number of rotatable bonds is 5. The molecule has 0 unspecified atom stereocenters. The predicted molar refractivity (Wildman–Crippen MR) is 112 cm³/mol. The Balaban J connectivity index is 1.62. The van der Waals surface area contributed by atoms with E-state index in [1.807, 2.05) is 0 Å². The first kappa shape index (κ1) is 20.2. The summed E-state index contributed by atoms with van der Waals surface area (Å²) < 4.78 is 12.9. The number of carbonyl (C=O) groups excluding carboxylic acids is 2. The normalized spacial score (nSPS) is 11.1. The van der Waals surface area contributed by atoms with Crippen LogP contribution in [-0.2, 0) is 0 Å². The van der Waals surface area contributed by atoms with Crippen LogP contribution in [0.5, 0.6) is 0 Å². The molecule has 0 bridgehead atoms. The quantitative estimate of drug-likeness (QED) is 0.465. The minimum Gasteiger partial charge on any atom is -0.322 e. The van der Waals surface area contributed by atoms with E-state index in [1.165, 1.54) is 24.3 Å². The fraction of sp³-hybridized carbons (Fsp3) is 0.0455. The first-order valence-corrected chi connectivity index (χ1v) is 9.08. The molecule has 29 heavy (non-hydrogen) atoms. The molecular weight excluding hydrogens is 393 g/mol. The number of hydrogen-bond acceptors (Lipinski definition) is 3. The van der Waals surface area contributed by atoms with Gasteiger partial charge in [0.25, 0.3) is 11.8 Å². The molecule has 0 fully saturated rings. The van der Waals surface area contributed by atoms with Crippen LogP contribution in [0, 0.1) is 5.82 Å². The van der Waals surface area contributed by atoms with Gasteiger partial charge >= 0.3 is 0 Å². The molecule has 146 valence electrons. The maximum Gasteiger partial charge on any atom is 0.271 e. The Morgan fingerprint density at radius 3 is 1.93 bits per heavy atom. The summed E-state index contributed by atoms with van der Waals surface area (Å²) in [5.74, 6) is -1.09. The van der Waals surface area contributed by atoms with Gasteiger partial charge in [-0.15, -0.1) is 0 Å². The summed E-state index contributed by atoms with van der Waals surface area (Å²) in [6.07, 6.45) is 0. The molecule has 0 spiro atoms. The van der Waals surface area contributed by atoms with Crippen LogP contribution in [0.1, 0.15) is 33.2 Å². The van der Waals surface area contributed by atoms with Gasteiger partial charge in [-0.3, -0.25) is 9.59 Å². The second-order valence-electron chi connectivity index (χ2n) is 6.18. The summed E-state index contributed by atoms with van der Waals surface area (Å²) in [4.78, 5) is 24.3. The van der Waals surface area contributed by atoms with E-state index in [4.69, 9.17) is 11.6 Å². The second-order valence-corrected chi connectivity index (χ2v) is 6.62. The zero-order valence-corrected chi connectivity index (χ0v) is 16.2. The third-order valence-electron chi connectivity index (χ3n) is 4.10. The lowest BCUT2D eigenvalue weighted by atomic mass is 10.1. The van der Waals surface area contributed by atoms with E-state index in [1.54, 1.807) is 55.5 Å². The number of anilines is 1. The topological polar surface area (TPSA) is 70.6 Å². The lowest BCUT2D eigenvalue weighted by molar-refractivity contribution is 0.0954. The van der Waals surface area contributed by atoms with Crippen molar-refractivity contribution in [1.82, 2.24) is 5.43 Å². The minimum atomic E-state index is -0.434. The third kappa shape index (κ3) is 5.49. The highest BCUT2D eigenvalue weighted by molar-refractivity contribution is 6.30. The Morgan fingerprint density at radius 1 is 0.793 bits per heavy atom. The van der Waals surface area contributed by atoms with Crippen LogP contribution in [0.2, 0.25) is 5.02 Å². The molecule has 0 heterocycles. The van der Waals surface area contributed by atoms with E-state index in [-0.39, 0.29) is 5.91 Å². The summed E-state index contributed by atoms with van der Waals surface area (Å²) in [7, 11) is 0. The van der Waals surface area contributed by atoms with E-state index in [2.05, 4.69) is 15.8 Å². The molecule has 0 radical (unpaired) electrons.